The Labute approximate surface area is 157 Å². The Balaban J connectivity index is 1.66. The number of fused-ring (bicyclic) bond motifs is 1. The van der Waals surface area contributed by atoms with Crippen molar-refractivity contribution in [2.24, 2.45) is 0 Å². The summed E-state index contributed by atoms with van der Waals surface area (Å²) in [6.07, 6.45) is 6.67. The van der Waals surface area contributed by atoms with E-state index in [4.69, 9.17) is 13.9 Å². The van der Waals surface area contributed by atoms with Crippen LogP contribution in [0.15, 0.2) is 58.7 Å². The second-order valence-corrected chi connectivity index (χ2v) is 6.77. The molecule has 2 aromatic rings. The highest BCUT2D eigenvalue weighted by Gasteiger charge is 2.30. The second kappa shape index (κ2) is 7.53. The maximum absolute atomic E-state index is 11.9. The Morgan fingerprint density at radius 3 is 2.78 bits per heavy atom. The summed E-state index contributed by atoms with van der Waals surface area (Å²) in [4.78, 5) is 23.8. The van der Waals surface area contributed by atoms with E-state index in [1.54, 1.807) is 24.3 Å². The third-order valence-corrected chi connectivity index (χ3v) is 3.87. The topological polar surface area (TPSA) is 77.8 Å². The van der Waals surface area contributed by atoms with E-state index in [1.165, 1.54) is 12.3 Å². The minimum absolute atomic E-state index is 0.0432. The van der Waals surface area contributed by atoms with Crippen LogP contribution < -0.4 is 10.1 Å². The normalized spacial score (nSPS) is 17.4. The van der Waals surface area contributed by atoms with Crippen LogP contribution in [0.2, 0.25) is 0 Å². The first-order valence-electron chi connectivity index (χ1n) is 8.53. The molecule has 0 aliphatic carbocycles. The number of carbonyl (C=O) groups excluding carboxylic acids is 2. The van der Waals surface area contributed by atoms with E-state index in [1.807, 2.05) is 39.0 Å². The molecule has 6 nitrogen and oxygen atoms in total. The van der Waals surface area contributed by atoms with Crippen molar-refractivity contribution < 1.29 is 23.5 Å². The van der Waals surface area contributed by atoms with E-state index < -0.39 is 11.6 Å². The first-order valence-corrected chi connectivity index (χ1v) is 8.53. The molecular formula is C21H21NO5. The number of hydrogen-bond donors (Lipinski definition) is 1. The number of allylic oxidation sites excluding steroid dienone is 1. The highest BCUT2D eigenvalue weighted by molar-refractivity contribution is 6.00. The van der Waals surface area contributed by atoms with Crippen molar-refractivity contribution in [2.45, 2.75) is 26.4 Å². The summed E-state index contributed by atoms with van der Waals surface area (Å²) in [5.41, 5.74) is 1.65. The Kier molecular flexibility index (Phi) is 5.16. The van der Waals surface area contributed by atoms with Gasteiger partial charge in [-0.15, -0.1) is 0 Å². The molecule has 1 atom stereocenters. The molecule has 6 heteroatoms. The van der Waals surface area contributed by atoms with E-state index in [0.717, 1.165) is 11.1 Å². The molecule has 0 saturated carbocycles. The molecule has 1 aromatic heterocycles. The molecule has 1 N–H and O–H groups in total. The summed E-state index contributed by atoms with van der Waals surface area (Å²) >= 11 is 0. The molecule has 1 unspecified atom stereocenters. The van der Waals surface area contributed by atoms with Gasteiger partial charge >= 0.3 is 5.97 Å². The van der Waals surface area contributed by atoms with Crippen LogP contribution in [0.5, 0.6) is 5.75 Å². The van der Waals surface area contributed by atoms with Crippen LogP contribution in [0.3, 0.4) is 0 Å². The molecule has 0 spiro atoms. The Hall–Kier alpha value is -3.28. The summed E-state index contributed by atoms with van der Waals surface area (Å²) in [5.74, 6) is 0.0801. The fraction of sp³-hybridized carbons (Fsp3) is 0.238. The Morgan fingerprint density at radius 1 is 1.26 bits per heavy atom. The lowest BCUT2D eigenvalue weighted by Gasteiger charge is -2.31. The summed E-state index contributed by atoms with van der Waals surface area (Å²) in [6, 6.07) is 8.55. The molecule has 1 aliphatic heterocycles. The highest BCUT2D eigenvalue weighted by Crippen LogP contribution is 2.33. The van der Waals surface area contributed by atoms with E-state index in [2.05, 4.69) is 5.32 Å². The van der Waals surface area contributed by atoms with Gasteiger partial charge in [0.05, 0.1) is 6.26 Å². The van der Waals surface area contributed by atoms with Gasteiger partial charge in [-0.1, -0.05) is 11.6 Å². The third kappa shape index (κ3) is 4.67. The summed E-state index contributed by atoms with van der Waals surface area (Å²) in [7, 11) is 0. The van der Waals surface area contributed by atoms with Crippen LogP contribution >= 0.6 is 0 Å². The average molecular weight is 367 g/mol. The molecule has 1 amide bonds. The molecule has 0 saturated heterocycles. The van der Waals surface area contributed by atoms with E-state index in [9.17, 15) is 9.59 Å². The summed E-state index contributed by atoms with van der Waals surface area (Å²) < 4.78 is 16.3. The van der Waals surface area contributed by atoms with Crippen LogP contribution in [0.1, 0.15) is 36.9 Å². The van der Waals surface area contributed by atoms with E-state index >= 15 is 0 Å². The van der Waals surface area contributed by atoms with Gasteiger partial charge in [0, 0.05) is 17.3 Å². The van der Waals surface area contributed by atoms with Crippen LogP contribution in [-0.4, -0.2) is 24.1 Å². The van der Waals surface area contributed by atoms with Gasteiger partial charge in [-0.2, -0.15) is 0 Å². The Bertz CT molecular complexity index is 907. The molecule has 27 heavy (non-hydrogen) atoms. The second-order valence-electron chi connectivity index (χ2n) is 6.77. The predicted molar refractivity (Wildman–Crippen MR) is 102 cm³/mol. The fourth-order valence-electron chi connectivity index (χ4n) is 2.59. The van der Waals surface area contributed by atoms with Crippen molar-refractivity contribution >= 4 is 23.6 Å². The zero-order valence-corrected chi connectivity index (χ0v) is 15.4. The SMILES string of the molecule is CC(C)=CC(=O)Nc1ccc2c(c1)C=CC(C)(COC(=O)c1ccco1)O2. The van der Waals surface area contributed by atoms with Gasteiger partial charge in [0.25, 0.3) is 0 Å². The molecule has 0 bridgehead atoms. The summed E-state index contributed by atoms with van der Waals surface area (Å²) in [5, 5.41) is 2.82. The lowest BCUT2D eigenvalue weighted by molar-refractivity contribution is -0.111. The molecular weight excluding hydrogens is 346 g/mol. The maximum Gasteiger partial charge on any atom is 0.374 e. The molecule has 1 aromatic carbocycles. The summed E-state index contributed by atoms with van der Waals surface area (Å²) in [6.45, 7) is 5.60. The quantitative estimate of drug-likeness (QED) is 0.633. The fourth-order valence-corrected chi connectivity index (χ4v) is 2.59. The minimum Gasteiger partial charge on any atom is -0.479 e. The van der Waals surface area contributed by atoms with Crippen LogP contribution in [0, 0.1) is 0 Å². The van der Waals surface area contributed by atoms with E-state index in [0.29, 0.717) is 11.4 Å². The number of esters is 1. The monoisotopic (exact) mass is 367 g/mol. The van der Waals surface area contributed by atoms with Crippen molar-refractivity contribution in [3.05, 3.63) is 65.6 Å². The van der Waals surface area contributed by atoms with Gasteiger partial charge in [0.15, 0.2) is 5.60 Å². The van der Waals surface area contributed by atoms with Crippen LogP contribution in [-0.2, 0) is 9.53 Å². The van der Waals surface area contributed by atoms with Gasteiger partial charge in [-0.05, 0) is 57.2 Å². The van der Waals surface area contributed by atoms with E-state index in [-0.39, 0.29) is 18.3 Å². The number of ether oxygens (including phenoxy) is 2. The molecule has 140 valence electrons. The van der Waals surface area contributed by atoms with Crippen molar-refractivity contribution in [1.82, 2.24) is 0 Å². The lowest BCUT2D eigenvalue weighted by atomic mass is 10.0. The molecule has 3 rings (SSSR count). The van der Waals surface area contributed by atoms with Crippen molar-refractivity contribution in [3.63, 3.8) is 0 Å². The van der Waals surface area contributed by atoms with Gasteiger partial charge in [0.1, 0.15) is 12.4 Å². The van der Waals surface area contributed by atoms with Crippen LogP contribution in [0.25, 0.3) is 6.08 Å². The zero-order valence-electron chi connectivity index (χ0n) is 15.4. The van der Waals surface area contributed by atoms with Gasteiger partial charge in [-0.3, -0.25) is 4.79 Å². The number of rotatable bonds is 5. The van der Waals surface area contributed by atoms with Crippen molar-refractivity contribution in [2.75, 3.05) is 11.9 Å². The third-order valence-electron chi connectivity index (χ3n) is 3.87. The first kappa shape index (κ1) is 18.5. The molecule has 0 radical (unpaired) electrons. The Morgan fingerprint density at radius 2 is 2.07 bits per heavy atom. The molecule has 0 fully saturated rings. The number of furan rings is 1. The lowest BCUT2D eigenvalue weighted by Crippen LogP contribution is -2.38. The molecule has 1 aliphatic rings. The number of nitrogens with one attached hydrogen (secondary N) is 1. The number of benzene rings is 1. The zero-order chi connectivity index (χ0) is 19.4. The predicted octanol–water partition coefficient (Wildman–Crippen LogP) is 4.21. The minimum atomic E-state index is -0.790. The van der Waals surface area contributed by atoms with Gasteiger partial charge in [0.2, 0.25) is 11.7 Å². The smallest absolute Gasteiger partial charge is 0.374 e. The largest absolute Gasteiger partial charge is 0.479 e. The average Bonchev–Trinajstić information content (AvgIpc) is 3.14. The molecule has 2 heterocycles. The van der Waals surface area contributed by atoms with Gasteiger partial charge in [-0.25, -0.2) is 4.79 Å². The standard InChI is InChI=1S/C21H21NO5/c1-14(2)11-19(23)22-16-6-7-17-15(12-16)8-9-21(3,27-17)13-26-20(24)18-5-4-10-25-18/h4-12H,13H2,1-3H3,(H,22,23). The van der Waals surface area contributed by atoms with Gasteiger partial charge < -0.3 is 19.2 Å². The highest BCUT2D eigenvalue weighted by atomic mass is 16.6. The van der Waals surface area contributed by atoms with Crippen molar-refractivity contribution in [3.8, 4) is 5.75 Å². The first-order chi connectivity index (χ1) is 12.8. The number of amides is 1. The van der Waals surface area contributed by atoms with Crippen LogP contribution in [0.4, 0.5) is 5.69 Å². The number of hydrogen-bond acceptors (Lipinski definition) is 5. The number of anilines is 1. The number of carbonyl (C=O) groups is 2. The van der Waals surface area contributed by atoms with Crippen molar-refractivity contribution in [1.29, 1.82) is 0 Å². The maximum atomic E-state index is 11.9.